The summed E-state index contributed by atoms with van der Waals surface area (Å²) in [6.07, 6.45) is 0.956. The van der Waals surface area contributed by atoms with Gasteiger partial charge in [0.2, 0.25) is 0 Å². The molecule has 138 valence electrons. The molecule has 1 fully saturated rings. The van der Waals surface area contributed by atoms with Crippen LogP contribution in [0.25, 0.3) is 10.6 Å². The summed E-state index contributed by atoms with van der Waals surface area (Å²) in [5.41, 5.74) is 1.30. The summed E-state index contributed by atoms with van der Waals surface area (Å²) in [7, 11) is 0. The first kappa shape index (κ1) is 18.4. The van der Waals surface area contributed by atoms with Gasteiger partial charge in [-0.2, -0.15) is 0 Å². The van der Waals surface area contributed by atoms with Crippen molar-refractivity contribution >= 4 is 23.2 Å². The third-order valence-corrected chi connectivity index (χ3v) is 5.41. The van der Waals surface area contributed by atoms with E-state index in [0.717, 1.165) is 22.7 Å². The van der Waals surface area contributed by atoms with Crippen LogP contribution in [-0.4, -0.2) is 46.6 Å². The smallest absolute Gasteiger partial charge is 0.308 e. The van der Waals surface area contributed by atoms with E-state index in [9.17, 15) is 14.7 Å². The van der Waals surface area contributed by atoms with Crippen LogP contribution in [0.3, 0.4) is 0 Å². The van der Waals surface area contributed by atoms with Gasteiger partial charge in [-0.15, -0.1) is 11.3 Å². The van der Waals surface area contributed by atoms with Gasteiger partial charge in [0.25, 0.3) is 5.91 Å². The van der Waals surface area contributed by atoms with Crippen molar-refractivity contribution in [2.45, 2.75) is 20.3 Å². The molecular formula is C19H22N2O4S. The van der Waals surface area contributed by atoms with Crippen LogP contribution >= 0.6 is 11.3 Å². The number of benzene rings is 1. The lowest BCUT2D eigenvalue weighted by Crippen LogP contribution is -2.30. The zero-order valence-corrected chi connectivity index (χ0v) is 15.7. The van der Waals surface area contributed by atoms with E-state index in [1.54, 1.807) is 10.3 Å². The monoisotopic (exact) mass is 374 g/mol. The van der Waals surface area contributed by atoms with Crippen molar-refractivity contribution in [3.05, 3.63) is 35.3 Å². The summed E-state index contributed by atoms with van der Waals surface area (Å²) in [5.74, 6) is -0.796. The number of amides is 1. The number of aliphatic carboxylic acids is 1. The van der Waals surface area contributed by atoms with E-state index in [1.807, 2.05) is 31.2 Å². The number of likely N-dealkylation sites (tertiary alicyclic amines) is 1. The summed E-state index contributed by atoms with van der Waals surface area (Å²) in [5, 5.41) is 11.7. The molecule has 3 rings (SSSR count). The molecular weight excluding hydrogens is 352 g/mol. The molecule has 26 heavy (non-hydrogen) atoms. The van der Waals surface area contributed by atoms with Crippen molar-refractivity contribution in [3.8, 4) is 16.3 Å². The average Bonchev–Trinajstić information content (AvgIpc) is 3.27. The van der Waals surface area contributed by atoms with Crippen molar-refractivity contribution in [1.29, 1.82) is 0 Å². The second-order valence-corrected chi connectivity index (χ2v) is 7.40. The molecule has 1 aromatic carbocycles. The number of aromatic nitrogens is 1. The van der Waals surface area contributed by atoms with E-state index in [0.29, 0.717) is 18.8 Å². The van der Waals surface area contributed by atoms with Gasteiger partial charge in [0, 0.05) is 24.0 Å². The fourth-order valence-electron chi connectivity index (χ4n) is 3.03. The Hall–Kier alpha value is -2.41. The predicted molar refractivity (Wildman–Crippen MR) is 99.5 cm³/mol. The summed E-state index contributed by atoms with van der Waals surface area (Å²) in [6.45, 7) is 5.29. The summed E-state index contributed by atoms with van der Waals surface area (Å²) >= 11 is 1.41. The molecule has 2 atom stereocenters. The van der Waals surface area contributed by atoms with Crippen LogP contribution in [0.15, 0.2) is 29.6 Å². The Morgan fingerprint density at radius 2 is 2.04 bits per heavy atom. The van der Waals surface area contributed by atoms with Gasteiger partial charge in [0.15, 0.2) is 0 Å². The van der Waals surface area contributed by atoms with Crippen LogP contribution in [-0.2, 0) is 4.79 Å². The molecule has 0 spiro atoms. The molecule has 2 aromatic rings. The second-order valence-electron chi connectivity index (χ2n) is 6.54. The number of rotatable bonds is 6. The summed E-state index contributed by atoms with van der Waals surface area (Å²) in [4.78, 5) is 29.9. The van der Waals surface area contributed by atoms with E-state index in [4.69, 9.17) is 4.74 Å². The van der Waals surface area contributed by atoms with E-state index in [2.05, 4.69) is 11.9 Å². The van der Waals surface area contributed by atoms with Gasteiger partial charge in [-0.3, -0.25) is 9.59 Å². The van der Waals surface area contributed by atoms with Crippen molar-refractivity contribution < 1.29 is 19.4 Å². The van der Waals surface area contributed by atoms with Gasteiger partial charge in [0.05, 0.1) is 12.5 Å². The normalized spacial score (nSPS) is 19.5. The van der Waals surface area contributed by atoms with Gasteiger partial charge in [-0.1, -0.05) is 13.8 Å². The van der Waals surface area contributed by atoms with Gasteiger partial charge < -0.3 is 14.7 Å². The molecule has 0 radical (unpaired) electrons. The Morgan fingerprint density at radius 3 is 2.65 bits per heavy atom. The topological polar surface area (TPSA) is 79.7 Å². The van der Waals surface area contributed by atoms with Gasteiger partial charge in [0.1, 0.15) is 16.5 Å². The number of carboxylic acids is 1. The maximum Gasteiger partial charge on any atom is 0.308 e. The number of carbonyl (C=O) groups excluding carboxylic acids is 1. The zero-order valence-electron chi connectivity index (χ0n) is 14.8. The highest BCUT2D eigenvalue weighted by Crippen LogP contribution is 2.28. The summed E-state index contributed by atoms with van der Waals surface area (Å²) < 4.78 is 5.57. The molecule has 0 unspecified atom stereocenters. The van der Waals surface area contributed by atoms with Gasteiger partial charge in [-0.25, -0.2) is 4.98 Å². The molecule has 1 amide bonds. The van der Waals surface area contributed by atoms with Crippen LogP contribution in [0, 0.1) is 11.8 Å². The van der Waals surface area contributed by atoms with Crippen LogP contribution in [0.2, 0.25) is 0 Å². The molecule has 1 aliphatic rings. The first-order chi connectivity index (χ1) is 12.5. The standard InChI is InChI=1S/C19H22N2O4S/c1-3-8-25-14-6-4-13(5-7-14)17-20-16(11-26-17)18(22)21-9-12(2)15(10-21)19(23)24/h4-7,11-12,15H,3,8-10H2,1-2H3,(H,23,24)/t12-,15-/m1/s1. The van der Waals surface area contributed by atoms with Crippen molar-refractivity contribution in [1.82, 2.24) is 9.88 Å². The largest absolute Gasteiger partial charge is 0.494 e. The van der Waals surface area contributed by atoms with Crippen molar-refractivity contribution in [2.24, 2.45) is 11.8 Å². The molecule has 0 bridgehead atoms. The maximum atomic E-state index is 12.6. The Kier molecular flexibility index (Phi) is 5.56. The minimum absolute atomic E-state index is 0.0507. The zero-order chi connectivity index (χ0) is 18.7. The highest BCUT2D eigenvalue weighted by Gasteiger charge is 2.37. The molecule has 7 heteroatoms. The number of thiazole rings is 1. The Labute approximate surface area is 156 Å². The SMILES string of the molecule is CCCOc1ccc(-c2nc(C(=O)N3C[C@@H](C)[C@H](C(=O)O)C3)cs2)cc1. The Balaban J connectivity index is 1.69. The highest BCUT2D eigenvalue weighted by molar-refractivity contribution is 7.13. The van der Waals surface area contributed by atoms with Crippen molar-refractivity contribution in [2.75, 3.05) is 19.7 Å². The lowest BCUT2D eigenvalue weighted by molar-refractivity contribution is -0.142. The summed E-state index contributed by atoms with van der Waals surface area (Å²) in [6, 6.07) is 7.65. The molecule has 6 nitrogen and oxygen atoms in total. The Bertz CT molecular complexity index is 787. The maximum absolute atomic E-state index is 12.6. The van der Waals surface area contributed by atoms with Crippen LogP contribution in [0.4, 0.5) is 0 Å². The van der Waals surface area contributed by atoms with E-state index < -0.39 is 11.9 Å². The van der Waals surface area contributed by atoms with E-state index >= 15 is 0 Å². The number of nitrogens with zero attached hydrogens (tertiary/aromatic N) is 2. The first-order valence-corrected chi connectivity index (χ1v) is 9.58. The number of hydrogen-bond acceptors (Lipinski definition) is 5. The minimum atomic E-state index is -0.850. The molecule has 1 N–H and O–H groups in total. The van der Waals surface area contributed by atoms with E-state index in [1.165, 1.54) is 11.3 Å². The molecule has 2 heterocycles. The highest BCUT2D eigenvalue weighted by atomic mass is 32.1. The quantitative estimate of drug-likeness (QED) is 0.838. The lowest BCUT2D eigenvalue weighted by atomic mass is 9.99. The average molecular weight is 374 g/mol. The third kappa shape index (κ3) is 3.88. The molecule has 0 saturated carbocycles. The molecule has 1 aromatic heterocycles. The van der Waals surface area contributed by atoms with E-state index in [-0.39, 0.29) is 18.4 Å². The fraction of sp³-hybridized carbons (Fsp3) is 0.421. The fourth-order valence-corrected chi connectivity index (χ4v) is 3.83. The third-order valence-electron chi connectivity index (χ3n) is 4.51. The van der Waals surface area contributed by atoms with Crippen molar-refractivity contribution in [3.63, 3.8) is 0 Å². The minimum Gasteiger partial charge on any atom is -0.494 e. The van der Waals surface area contributed by atoms with Gasteiger partial charge in [-0.05, 0) is 36.6 Å². The number of carbonyl (C=O) groups is 2. The second kappa shape index (κ2) is 7.86. The van der Waals surface area contributed by atoms with Crippen LogP contribution in [0.1, 0.15) is 30.8 Å². The van der Waals surface area contributed by atoms with Crippen LogP contribution in [0.5, 0.6) is 5.75 Å². The van der Waals surface area contributed by atoms with Gasteiger partial charge >= 0.3 is 5.97 Å². The molecule has 1 aliphatic heterocycles. The van der Waals surface area contributed by atoms with Crippen LogP contribution < -0.4 is 4.74 Å². The molecule has 0 aliphatic carbocycles. The number of ether oxygens (including phenoxy) is 1. The Morgan fingerprint density at radius 1 is 1.31 bits per heavy atom. The number of hydrogen-bond donors (Lipinski definition) is 1. The number of carboxylic acid groups (broad SMARTS) is 1. The first-order valence-electron chi connectivity index (χ1n) is 8.70. The molecule has 1 saturated heterocycles. The predicted octanol–water partition coefficient (Wildman–Crippen LogP) is 3.39. The lowest BCUT2D eigenvalue weighted by Gasteiger charge is -2.13.